The molecular formula is C15H18NaO3S-. The number of hydrogen-bond acceptors (Lipinski definition) is 3. The fraction of sp³-hybridized carbons (Fsp3) is 0.200. The summed E-state index contributed by atoms with van der Waals surface area (Å²) in [5.74, 6) is 0.988. The van der Waals surface area contributed by atoms with Gasteiger partial charge < -0.3 is 10.2 Å². The molecule has 0 saturated heterocycles. The van der Waals surface area contributed by atoms with E-state index >= 15 is 0 Å². The molecule has 0 amide bonds. The minimum absolute atomic E-state index is 0. The number of rotatable bonds is 3. The Bertz CT molecular complexity index is 495. The van der Waals surface area contributed by atoms with Crippen LogP contribution < -0.4 is 33.7 Å². The predicted octanol–water partition coefficient (Wildman–Crippen LogP) is 0.786. The Labute approximate surface area is 146 Å². The van der Waals surface area contributed by atoms with E-state index < -0.39 is 11.4 Å². The van der Waals surface area contributed by atoms with Gasteiger partial charge in [-0.25, -0.2) is 4.21 Å². The van der Waals surface area contributed by atoms with Crippen LogP contribution in [0.4, 0.5) is 0 Å². The molecule has 0 aliphatic heterocycles. The molecule has 1 unspecified atom stereocenters. The van der Waals surface area contributed by atoms with Crippen LogP contribution in [-0.4, -0.2) is 8.76 Å². The summed E-state index contributed by atoms with van der Waals surface area (Å²) >= 11 is -2.47. The summed E-state index contributed by atoms with van der Waals surface area (Å²) in [7, 11) is 0. The van der Waals surface area contributed by atoms with Crippen molar-refractivity contribution in [2.75, 3.05) is 0 Å². The molecule has 3 nitrogen and oxygen atoms in total. The van der Waals surface area contributed by atoms with Crippen molar-refractivity contribution < 1.29 is 43.9 Å². The molecule has 0 saturated carbocycles. The van der Waals surface area contributed by atoms with Crippen molar-refractivity contribution in [3.8, 4) is 5.75 Å². The van der Waals surface area contributed by atoms with Crippen LogP contribution in [0.3, 0.4) is 0 Å². The van der Waals surface area contributed by atoms with Crippen LogP contribution in [-0.2, 0) is 11.4 Å². The summed E-state index contributed by atoms with van der Waals surface area (Å²) < 4.78 is 24.2. The summed E-state index contributed by atoms with van der Waals surface area (Å²) in [6, 6.07) is 18.8. The van der Waals surface area contributed by atoms with Gasteiger partial charge in [0.15, 0.2) is 0 Å². The molecule has 0 spiro atoms. The first-order valence-corrected chi connectivity index (χ1v) is 6.97. The first-order chi connectivity index (χ1) is 9.09. The van der Waals surface area contributed by atoms with Crippen molar-refractivity contribution in [1.82, 2.24) is 0 Å². The first kappa shape index (κ1) is 19.4. The van der Waals surface area contributed by atoms with Gasteiger partial charge in [-0.2, -0.15) is 0 Å². The van der Waals surface area contributed by atoms with Gasteiger partial charge in [-0.1, -0.05) is 62.4 Å². The molecule has 0 N–H and O–H groups in total. The molecule has 0 radical (unpaired) electrons. The fourth-order valence-corrected chi connectivity index (χ4v) is 1.66. The van der Waals surface area contributed by atoms with E-state index in [1.807, 2.05) is 6.07 Å². The molecule has 0 aliphatic rings. The van der Waals surface area contributed by atoms with Gasteiger partial charge in [-0.05, 0) is 23.6 Å². The summed E-state index contributed by atoms with van der Waals surface area (Å²) in [5, 5.41) is 0. The summed E-state index contributed by atoms with van der Waals surface area (Å²) in [6.07, 6.45) is 0. The molecule has 1 atom stereocenters. The van der Waals surface area contributed by atoms with E-state index in [2.05, 4.69) is 42.3 Å². The van der Waals surface area contributed by atoms with Crippen molar-refractivity contribution in [3.05, 3.63) is 66.2 Å². The molecular weight excluding hydrogens is 283 g/mol. The van der Waals surface area contributed by atoms with E-state index in [0.29, 0.717) is 11.7 Å². The average molecular weight is 301 g/mol. The van der Waals surface area contributed by atoms with Gasteiger partial charge in [0.1, 0.15) is 17.1 Å². The molecule has 104 valence electrons. The zero-order valence-corrected chi connectivity index (χ0v) is 14.8. The van der Waals surface area contributed by atoms with Crippen LogP contribution in [0.2, 0.25) is 0 Å². The second kappa shape index (κ2) is 11.1. The zero-order valence-electron chi connectivity index (χ0n) is 13.0. The summed E-state index contributed by atoms with van der Waals surface area (Å²) in [6.45, 7) is 4.41. The Morgan fingerprint density at radius 1 is 1.00 bits per heavy atom. The SMILES string of the molecule is CC(C)c1ccccc1.O=S([O-])Oc1ccccc1.[H-].[Na+]. The summed E-state index contributed by atoms with van der Waals surface area (Å²) in [5.41, 5.74) is 1.41. The molecule has 0 bridgehead atoms. The van der Waals surface area contributed by atoms with Gasteiger partial charge in [-0.3, -0.25) is 0 Å². The molecule has 5 heteroatoms. The zero-order chi connectivity index (χ0) is 14.1. The third-order valence-electron chi connectivity index (χ3n) is 2.37. The van der Waals surface area contributed by atoms with Crippen molar-refractivity contribution in [1.29, 1.82) is 0 Å². The maximum Gasteiger partial charge on any atom is 1.00 e. The molecule has 0 aromatic heterocycles. The van der Waals surface area contributed by atoms with Gasteiger partial charge in [0.25, 0.3) is 0 Å². The van der Waals surface area contributed by atoms with Gasteiger partial charge in [0, 0.05) is 0 Å². The standard InChI is InChI=1S/C9H12.C6H6O3S.Na.H/c1-8(2)9-6-4-3-5-7-9;7-10(8)9-6-4-2-1-3-5-6;;/h3-8H,1-2H3;1-5H,(H,7,8);;/q;;+1;-1/p-1. The second-order valence-corrected chi connectivity index (χ2v) is 4.74. The maximum absolute atomic E-state index is 9.95. The van der Waals surface area contributed by atoms with Gasteiger partial charge in [0.2, 0.25) is 0 Å². The van der Waals surface area contributed by atoms with Crippen molar-refractivity contribution in [2.45, 2.75) is 19.8 Å². The van der Waals surface area contributed by atoms with E-state index in [4.69, 9.17) is 0 Å². The molecule has 0 aliphatic carbocycles. The molecule has 2 rings (SSSR count). The largest absolute Gasteiger partial charge is 1.00 e. The van der Waals surface area contributed by atoms with Crippen LogP contribution in [0.5, 0.6) is 5.75 Å². The van der Waals surface area contributed by atoms with Gasteiger partial charge in [0.05, 0.1) is 0 Å². The Morgan fingerprint density at radius 2 is 1.45 bits per heavy atom. The quantitative estimate of drug-likeness (QED) is 0.622. The van der Waals surface area contributed by atoms with Crippen LogP contribution in [0.25, 0.3) is 0 Å². The van der Waals surface area contributed by atoms with Crippen LogP contribution in [0, 0.1) is 0 Å². The first-order valence-electron chi connectivity index (χ1n) is 5.97. The predicted molar refractivity (Wildman–Crippen MR) is 77.6 cm³/mol. The van der Waals surface area contributed by atoms with Crippen LogP contribution in [0.15, 0.2) is 60.7 Å². The topological polar surface area (TPSA) is 49.4 Å². The normalized spacial score (nSPS) is 10.8. The third-order valence-corrected chi connectivity index (χ3v) is 2.70. The van der Waals surface area contributed by atoms with E-state index in [1.54, 1.807) is 30.3 Å². The minimum atomic E-state index is -2.47. The fourth-order valence-electron chi connectivity index (χ4n) is 1.39. The van der Waals surface area contributed by atoms with Crippen molar-refractivity contribution in [3.63, 3.8) is 0 Å². The molecule has 0 heterocycles. The molecule has 2 aromatic rings. The van der Waals surface area contributed by atoms with Crippen LogP contribution in [0.1, 0.15) is 26.8 Å². The Hall–Kier alpha value is -0.650. The van der Waals surface area contributed by atoms with Crippen LogP contribution >= 0.6 is 0 Å². The average Bonchev–Trinajstić information content (AvgIpc) is 2.41. The molecule has 2 aromatic carbocycles. The Morgan fingerprint density at radius 3 is 1.80 bits per heavy atom. The van der Waals surface area contributed by atoms with Gasteiger partial charge in [-0.15, -0.1) is 0 Å². The monoisotopic (exact) mass is 301 g/mol. The Balaban J connectivity index is 0. The summed E-state index contributed by atoms with van der Waals surface area (Å²) in [4.78, 5) is 0. The van der Waals surface area contributed by atoms with E-state index in [1.165, 1.54) is 5.56 Å². The van der Waals surface area contributed by atoms with E-state index in [9.17, 15) is 8.76 Å². The number of hydrogen-bond donors (Lipinski definition) is 0. The van der Waals surface area contributed by atoms with E-state index in [0.717, 1.165) is 0 Å². The van der Waals surface area contributed by atoms with Crippen molar-refractivity contribution in [2.24, 2.45) is 0 Å². The second-order valence-electron chi connectivity index (χ2n) is 4.17. The molecule has 20 heavy (non-hydrogen) atoms. The number of benzene rings is 2. The van der Waals surface area contributed by atoms with Crippen molar-refractivity contribution >= 4 is 11.4 Å². The minimum Gasteiger partial charge on any atom is -1.00 e. The maximum atomic E-state index is 9.95. The van der Waals surface area contributed by atoms with Gasteiger partial charge >= 0.3 is 29.6 Å². The third kappa shape index (κ3) is 8.51. The molecule has 0 fully saturated rings. The Kier molecular flexibility index (Phi) is 10.7. The smallest absolute Gasteiger partial charge is 1.00 e. The number of para-hydroxylation sites is 1. The van der Waals surface area contributed by atoms with E-state index in [-0.39, 0.29) is 31.0 Å².